The molecule has 0 radical (unpaired) electrons. The lowest BCUT2D eigenvalue weighted by molar-refractivity contribution is -0.384. The molecule has 0 bridgehead atoms. The number of hydrogen-bond donors (Lipinski definition) is 1. The first kappa shape index (κ1) is 13.4. The van der Waals surface area contributed by atoms with Crippen LogP contribution in [0.4, 0.5) is 5.69 Å². The van der Waals surface area contributed by atoms with Crippen LogP contribution < -0.4 is 5.32 Å². The average Bonchev–Trinajstić information content (AvgIpc) is 2.95. The molecule has 5 heteroatoms. The Kier molecular flexibility index (Phi) is 3.17. The van der Waals surface area contributed by atoms with Crippen LogP contribution in [0, 0.1) is 10.1 Å². The zero-order valence-electron chi connectivity index (χ0n) is 12.1. The SMILES string of the molecule is O=[N+]([O-])c1ccc([C@@H]2NC[C@H]3Cc4ccccc4CN32)cc1. The molecule has 0 spiro atoms. The van der Waals surface area contributed by atoms with Crippen LogP contribution in [0.2, 0.25) is 0 Å². The standard InChI is InChI=1S/C17H17N3O2/c21-20(22)15-7-5-12(6-8-15)17-18-10-16-9-13-3-1-2-4-14(13)11-19(16)17/h1-8,16-18H,9-11H2/t16-,17-/m1/s1. The fourth-order valence-corrected chi connectivity index (χ4v) is 3.55. The molecule has 4 rings (SSSR count). The van der Waals surface area contributed by atoms with Gasteiger partial charge in [0.05, 0.1) is 11.1 Å². The Morgan fingerprint density at radius 3 is 2.55 bits per heavy atom. The number of nitro groups is 1. The lowest BCUT2D eigenvalue weighted by atomic mass is 9.94. The average molecular weight is 295 g/mol. The quantitative estimate of drug-likeness (QED) is 0.683. The van der Waals surface area contributed by atoms with E-state index in [4.69, 9.17) is 0 Å². The molecule has 2 aromatic carbocycles. The first-order valence-corrected chi connectivity index (χ1v) is 7.52. The van der Waals surface area contributed by atoms with Gasteiger partial charge in [0.25, 0.3) is 5.69 Å². The molecule has 0 aromatic heterocycles. The van der Waals surface area contributed by atoms with Crippen LogP contribution >= 0.6 is 0 Å². The number of benzene rings is 2. The molecule has 112 valence electrons. The summed E-state index contributed by atoms with van der Waals surface area (Å²) in [6, 6.07) is 16.0. The van der Waals surface area contributed by atoms with Crippen molar-refractivity contribution in [2.75, 3.05) is 6.54 Å². The topological polar surface area (TPSA) is 58.4 Å². The predicted molar refractivity (Wildman–Crippen MR) is 83.3 cm³/mol. The second-order valence-electron chi connectivity index (χ2n) is 5.96. The third-order valence-electron chi connectivity index (χ3n) is 4.69. The third-order valence-corrected chi connectivity index (χ3v) is 4.69. The van der Waals surface area contributed by atoms with Crippen molar-refractivity contribution in [2.45, 2.75) is 25.2 Å². The number of fused-ring (bicyclic) bond motifs is 2. The van der Waals surface area contributed by atoms with E-state index in [0.29, 0.717) is 6.04 Å². The minimum atomic E-state index is -0.355. The van der Waals surface area contributed by atoms with Crippen molar-refractivity contribution in [2.24, 2.45) is 0 Å². The van der Waals surface area contributed by atoms with Gasteiger partial charge in [-0.15, -0.1) is 0 Å². The van der Waals surface area contributed by atoms with Crippen LogP contribution in [0.5, 0.6) is 0 Å². The van der Waals surface area contributed by atoms with Crippen molar-refractivity contribution in [3.63, 3.8) is 0 Å². The monoisotopic (exact) mass is 295 g/mol. The van der Waals surface area contributed by atoms with Crippen molar-refractivity contribution in [3.05, 3.63) is 75.3 Å². The van der Waals surface area contributed by atoms with E-state index in [1.54, 1.807) is 12.1 Å². The molecule has 2 heterocycles. The van der Waals surface area contributed by atoms with Gasteiger partial charge < -0.3 is 0 Å². The molecule has 0 unspecified atom stereocenters. The number of rotatable bonds is 2. The Labute approximate surface area is 128 Å². The van der Waals surface area contributed by atoms with Crippen molar-refractivity contribution in [1.82, 2.24) is 10.2 Å². The summed E-state index contributed by atoms with van der Waals surface area (Å²) in [6.07, 6.45) is 1.20. The van der Waals surface area contributed by atoms with Crippen LogP contribution in [0.1, 0.15) is 22.9 Å². The van der Waals surface area contributed by atoms with E-state index in [0.717, 1.165) is 25.1 Å². The first-order chi connectivity index (χ1) is 10.7. The highest BCUT2D eigenvalue weighted by atomic mass is 16.6. The van der Waals surface area contributed by atoms with E-state index < -0.39 is 0 Å². The highest BCUT2D eigenvalue weighted by Gasteiger charge is 2.37. The molecule has 0 aliphatic carbocycles. The van der Waals surface area contributed by atoms with Gasteiger partial charge in [0.15, 0.2) is 0 Å². The molecular formula is C17H17N3O2. The minimum Gasteiger partial charge on any atom is -0.296 e. The number of nitrogens with one attached hydrogen (secondary N) is 1. The van der Waals surface area contributed by atoms with Gasteiger partial charge in [0.2, 0.25) is 0 Å². The van der Waals surface area contributed by atoms with Crippen LogP contribution in [0.15, 0.2) is 48.5 Å². The summed E-state index contributed by atoms with van der Waals surface area (Å²) in [5.74, 6) is 0. The van der Waals surface area contributed by atoms with Crippen molar-refractivity contribution in [1.29, 1.82) is 0 Å². The molecule has 5 nitrogen and oxygen atoms in total. The highest BCUT2D eigenvalue weighted by molar-refractivity contribution is 5.36. The molecule has 0 saturated carbocycles. The van der Waals surface area contributed by atoms with Crippen molar-refractivity contribution >= 4 is 5.69 Å². The third kappa shape index (κ3) is 2.19. The summed E-state index contributed by atoms with van der Waals surface area (Å²) in [7, 11) is 0. The van der Waals surface area contributed by atoms with Gasteiger partial charge in [0, 0.05) is 31.3 Å². The zero-order valence-corrected chi connectivity index (χ0v) is 12.1. The summed E-state index contributed by atoms with van der Waals surface area (Å²) < 4.78 is 0. The molecule has 0 amide bonds. The Balaban J connectivity index is 1.61. The number of hydrogen-bond acceptors (Lipinski definition) is 4. The van der Waals surface area contributed by atoms with Crippen LogP contribution in [0.25, 0.3) is 0 Å². The Morgan fingerprint density at radius 1 is 1.09 bits per heavy atom. The lowest BCUT2D eigenvalue weighted by Crippen LogP contribution is -2.38. The van der Waals surface area contributed by atoms with E-state index in [9.17, 15) is 10.1 Å². The summed E-state index contributed by atoms with van der Waals surface area (Å²) in [5.41, 5.74) is 4.05. The normalized spacial score (nSPS) is 23.8. The second-order valence-corrected chi connectivity index (χ2v) is 5.96. The Bertz CT molecular complexity index is 714. The van der Waals surface area contributed by atoms with Gasteiger partial charge in [-0.3, -0.25) is 20.3 Å². The van der Waals surface area contributed by atoms with Gasteiger partial charge in [-0.05, 0) is 35.2 Å². The van der Waals surface area contributed by atoms with Gasteiger partial charge in [-0.25, -0.2) is 0 Å². The summed E-state index contributed by atoms with van der Waals surface area (Å²) in [4.78, 5) is 12.9. The maximum absolute atomic E-state index is 10.8. The van der Waals surface area contributed by atoms with E-state index in [1.807, 2.05) is 12.1 Å². The fourth-order valence-electron chi connectivity index (χ4n) is 3.55. The van der Waals surface area contributed by atoms with Gasteiger partial charge in [-0.1, -0.05) is 24.3 Å². The van der Waals surface area contributed by atoms with E-state index in [1.165, 1.54) is 11.1 Å². The predicted octanol–water partition coefficient (Wildman–Crippen LogP) is 2.62. The molecule has 1 saturated heterocycles. The van der Waals surface area contributed by atoms with Crippen molar-refractivity contribution in [3.8, 4) is 0 Å². The van der Waals surface area contributed by atoms with Crippen LogP contribution in [0.3, 0.4) is 0 Å². The largest absolute Gasteiger partial charge is 0.296 e. The van der Waals surface area contributed by atoms with Gasteiger partial charge in [0.1, 0.15) is 0 Å². The van der Waals surface area contributed by atoms with E-state index in [2.05, 4.69) is 34.5 Å². The number of nitrogens with zero attached hydrogens (tertiary/aromatic N) is 2. The maximum atomic E-state index is 10.8. The molecule has 2 atom stereocenters. The Morgan fingerprint density at radius 2 is 1.82 bits per heavy atom. The zero-order chi connectivity index (χ0) is 15.1. The fraction of sp³-hybridized carbons (Fsp3) is 0.294. The molecule has 2 aromatic rings. The molecule has 1 fully saturated rings. The summed E-state index contributed by atoms with van der Waals surface area (Å²) in [5, 5.41) is 14.3. The van der Waals surface area contributed by atoms with E-state index in [-0.39, 0.29) is 16.8 Å². The number of nitro benzene ring substituents is 1. The lowest BCUT2D eigenvalue weighted by Gasteiger charge is -2.34. The summed E-state index contributed by atoms with van der Waals surface area (Å²) >= 11 is 0. The van der Waals surface area contributed by atoms with Gasteiger partial charge >= 0.3 is 0 Å². The van der Waals surface area contributed by atoms with Gasteiger partial charge in [-0.2, -0.15) is 0 Å². The number of non-ortho nitro benzene ring substituents is 1. The molecule has 1 N–H and O–H groups in total. The molecule has 22 heavy (non-hydrogen) atoms. The van der Waals surface area contributed by atoms with E-state index >= 15 is 0 Å². The molecule has 2 aliphatic rings. The Hall–Kier alpha value is -2.24. The first-order valence-electron chi connectivity index (χ1n) is 7.52. The minimum absolute atomic E-state index is 0.138. The summed E-state index contributed by atoms with van der Waals surface area (Å²) in [6.45, 7) is 1.88. The molecule has 2 aliphatic heterocycles. The van der Waals surface area contributed by atoms with Crippen molar-refractivity contribution < 1.29 is 4.92 Å². The molecular weight excluding hydrogens is 278 g/mol. The van der Waals surface area contributed by atoms with Crippen LogP contribution in [-0.4, -0.2) is 22.4 Å². The van der Waals surface area contributed by atoms with Crippen LogP contribution in [-0.2, 0) is 13.0 Å². The highest BCUT2D eigenvalue weighted by Crippen LogP contribution is 2.34. The maximum Gasteiger partial charge on any atom is 0.269 e. The second kappa shape index (κ2) is 5.19. The smallest absolute Gasteiger partial charge is 0.269 e.